The number of nitriles is 1. The van der Waals surface area contributed by atoms with E-state index < -0.39 is 11.9 Å². The minimum Gasteiger partial charge on any atom is -0.465 e. The molecule has 0 radical (unpaired) electrons. The van der Waals surface area contributed by atoms with Gasteiger partial charge in [0.15, 0.2) is 0 Å². The minimum atomic E-state index is -0.811. The maximum absolute atomic E-state index is 11.5. The van der Waals surface area contributed by atoms with Crippen LogP contribution in [-0.2, 0) is 16.0 Å². The normalized spacial score (nSPS) is 11.6. The van der Waals surface area contributed by atoms with Crippen molar-refractivity contribution in [2.24, 2.45) is 5.92 Å². The Morgan fingerprint density at radius 3 is 2.88 bits per heavy atom. The van der Waals surface area contributed by atoms with Crippen molar-refractivity contribution in [1.82, 2.24) is 0 Å². The fraction of sp³-hybridized carbons (Fsp3) is 0.333. The lowest BCUT2D eigenvalue weighted by atomic mass is 10.0. The summed E-state index contributed by atoms with van der Waals surface area (Å²) in [6, 6.07) is 7.27. The van der Waals surface area contributed by atoms with E-state index in [9.17, 15) is 4.79 Å². The summed E-state index contributed by atoms with van der Waals surface area (Å²) in [7, 11) is 0. The van der Waals surface area contributed by atoms with E-state index in [-0.39, 0.29) is 13.0 Å². The first-order chi connectivity index (χ1) is 8.08. The highest BCUT2D eigenvalue weighted by Crippen LogP contribution is 2.23. The number of halogens is 2. The second-order valence-electron chi connectivity index (χ2n) is 3.37. The third-order valence-electron chi connectivity index (χ3n) is 2.17. The summed E-state index contributed by atoms with van der Waals surface area (Å²) < 4.78 is 5.67. The predicted octanol–water partition coefficient (Wildman–Crippen LogP) is 3.35. The number of rotatable bonds is 4. The summed E-state index contributed by atoms with van der Waals surface area (Å²) in [5, 5.41) is 9.46. The zero-order valence-corrected chi connectivity index (χ0v) is 11.6. The van der Waals surface area contributed by atoms with Crippen LogP contribution in [0.4, 0.5) is 0 Å². The molecule has 17 heavy (non-hydrogen) atoms. The van der Waals surface area contributed by atoms with Crippen LogP contribution in [0, 0.1) is 17.2 Å². The molecular weight excluding hydrogens is 305 g/mol. The molecule has 0 fully saturated rings. The Morgan fingerprint density at radius 1 is 1.65 bits per heavy atom. The molecule has 3 nitrogen and oxygen atoms in total. The first-order valence-corrected chi connectivity index (χ1v) is 6.25. The van der Waals surface area contributed by atoms with Crippen LogP contribution in [0.25, 0.3) is 0 Å². The van der Waals surface area contributed by atoms with Crippen LogP contribution in [0.15, 0.2) is 22.7 Å². The fourth-order valence-corrected chi connectivity index (χ4v) is 2.08. The van der Waals surface area contributed by atoms with Crippen molar-refractivity contribution in [2.75, 3.05) is 6.61 Å². The summed E-state index contributed by atoms with van der Waals surface area (Å²) in [6.07, 6.45) is 0.265. The van der Waals surface area contributed by atoms with E-state index in [0.717, 1.165) is 10.0 Å². The molecule has 0 bridgehead atoms. The number of carbonyl (C=O) groups excluding carboxylic acids is 1. The third-order valence-corrected chi connectivity index (χ3v) is 3.01. The lowest BCUT2D eigenvalue weighted by Crippen LogP contribution is -2.18. The Morgan fingerprint density at radius 2 is 2.35 bits per heavy atom. The second-order valence-corrected chi connectivity index (χ2v) is 4.70. The number of hydrogen-bond donors (Lipinski definition) is 0. The summed E-state index contributed by atoms with van der Waals surface area (Å²) in [5.74, 6) is -1.32. The van der Waals surface area contributed by atoms with Crippen molar-refractivity contribution < 1.29 is 9.53 Å². The second kappa shape index (κ2) is 6.63. The van der Waals surface area contributed by atoms with Gasteiger partial charge in [-0.15, -0.1) is 0 Å². The van der Waals surface area contributed by atoms with Gasteiger partial charge in [0.25, 0.3) is 0 Å². The highest BCUT2D eigenvalue weighted by Gasteiger charge is 2.20. The quantitative estimate of drug-likeness (QED) is 0.800. The van der Waals surface area contributed by atoms with Gasteiger partial charge in [-0.3, -0.25) is 4.79 Å². The molecule has 0 aromatic heterocycles. The van der Waals surface area contributed by atoms with Crippen molar-refractivity contribution in [1.29, 1.82) is 5.26 Å². The summed E-state index contributed by atoms with van der Waals surface area (Å²) in [4.78, 5) is 11.5. The van der Waals surface area contributed by atoms with Crippen molar-refractivity contribution in [3.63, 3.8) is 0 Å². The largest absolute Gasteiger partial charge is 0.465 e. The molecule has 1 unspecified atom stereocenters. The summed E-state index contributed by atoms with van der Waals surface area (Å²) in [5.41, 5.74) is 0.759. The van der Waals surface area contributed by atoms with Crippen molar-refractivity contribution >= 4 is 33.5 Å². The number of benzene rings is 1. The van der Waals surface area contributed by atoms with Gasteiger partial charge in [-0.25, -0.2) is 0 Å². The molecule has 0 aliphatic heterocycles. The number of nitrogens with zero attached hydrogens (tertiary/aromatic N) is 1. The Bertz CT molecular complexity index is 456. The van der Waals surface area contributed by atoms with Gasteiger partial charge in [0.2, 0.25) is 0 Å². The van der Waals surface area contributed by atoms with Crippen LogP contribution >= 0.6 is 27.5 Å². The van der Waals surface area contributed by atoms with Gasteiger partial charge >= 0.3 is 5.97 Å². The van der Waals surface area contributed by atoms with Gasteiger partial charge in [0.1, 0.15) is 5.92 Å². The molecule has 5 heteroatoms. The van der Waals surface area contributed by atoms with Gasteiger partial charge in [0.05, 0.1) is 12.7 Å². The van der Waals surface area contributed by atoms with Crippen LogP contribution in [0.3, 0.4) is 0 Å². The van der Waals surface area contributed by atoms with E-state index in [1.54, 1.807) is 19.1 Å². The first-order valence-electron chi connectivity index (χ1n) is 5.08. The molecular formula is C12H11BrClNO2. The Labute approximate surface area is 113 Å². The van der Waals surface area contributed by atoms with Gasteiger partial charge in [-0.05, 0) is 24.6 Å². The highest BCUT2D eigenvalue weighted by atomic mass is 79.9. The predicted molar refractivity (Wildman–Crippen MR) is 68.6 cm³/mol. The zero-order valence-electron chi connectivity index (χ0n) is 9.24. The van der Waals surface area contributed by atoms with E-state index in [2.05, 4.69) is 15.9 Å². The Kier molecular flexibility index (Phi) is 5.46. The Balaban J connectivity index is 2.81. The smallest absolute Gasteiger partial charge is 0.323 e. The zero-order chi connectivity index (χ0) is 12.8. The lowest BCUT2D eigenvalue weighted by Gasteiger charge is -2.09. The molecule has 0 heterocycles. The van der Waals surface area contributed by atoms with Gasteiger partial charge in [-0.1, -0.05) is 33.6 Å². The number of ether oxygens (including phenoxy) is 1. The van der Waals surface area contributed by atoms with Crippen molar-refractivity contribution in [3.8, 4) is 6.07 Å². The minimum absolute atomic E-state index is 0.265. The van der Waals surface area contributed by atoms with E-state index in [0.29, 0.717) is 5.02 Å². The van der Waals surface area contributed by atoms with Gasteiger partial charge < -0.3 is 4.74 Å². The average Bonchev–Trinajstić information content (AvgIpc) is 2.28. The first kappa shape index (κ1) is 14.0. The maximum atomic E-state index is 11.5. The van der Waals surface area contributed by atoms with E-state index in [1.165, 1.54) is 0 Å². The van der Waals surface area contributed by atoms with Crippen LogP contribution in [0.2, 0.25) is 5.02 Å². The topological polar surface area (TPSA) is 50.1 Å². The van der Waals surface area contributed by atoms with Crippen LogP contribution in [0.1, 0.15) is 12.5 Å². The molecule has 0 spiro atoms. The molecule has 0 amide bonds. The van der Waals surface area contributed by atoms with Crippen LogP contribution < -0.4 is 0 Å². The van der Waals surface area contributed by atoms with Crippen LogP contribution in [-0.4, -0.2) is 12.6 Å². The molecule has 1 atom stereocenters. The van der Waals surface area contributed by atoms with Gasteiger partial charge in [0, 0.05) is 15.9 Å². The molecule has 0 saturated heterocycles. The van der Waals surface area contributed by atoms with E-state index in [1.807, 2.05) is 12.1 Å². The third kappa shape index (κ3) is 4.03. The van der Waals surface area contributed by atoms with Crippen molar-refractivity contribution in [3.05, 3.63) is 33.3 Å². The highest BCUT2D eigenvalue weighted by molar-refractivity contribution is 9.10. The summed E-state index contributed by atoms with van der Waals surface area (Å²) >= 11 is 9.31. The SMILES string of the molecule is CCOC(=O)C(C#N)Cc1ccc(Br)cc1Cl. The molecule has 0 aliphatic rings. The number of hydrogen-bond acceptors (Lipinski definition) is 3. The maximum Gasteiger partial charge on any atom is 0.323 e. The number of esters is 1. The van der Waals surface area contributed by atoms with E-state index in [4.69, 9.17) is 21.6 Å². The molecule has 90 valence electrons. The standard InChI is InChI=1S/C12H11BrClNO2/c1-2-17-12(16)9(7-15)5-8-3-4-10(13)6-11(8)14/h3-4,6,9H,2,5H2,1H3. The molecule has 1 rings (SSSR count). The van der Waals surface area contributed by atoms with Gasteiger partial charge in [-0.2, -0.15) is 5.26 Å². The van der Waals surface area contributed by atoms with Crippen molar-refractivity contribution in [2.45, 2.75) is 13.3 Å². The molecule has 1 aromatic carbocycles. The van der Waals surface area contributed by atoms with E-state index >= 15 is 0 Å². The number of carbonyl (C=O) groups is 1. The molecule has 0 aliphatic carbocycles. The summed E-state index contributed by atoms with van der Waals surface area (Å²) in [6.45, 7) is 1.98. The lowest BCUT2D eigenvalue weighted by molar-refractivity contribution is -0.145. The monoisotopic (exact) mass is 315 g/mol. The fourth-order valence-electron chi connectivity index (χ4n) is 1.33. The molecule has 0 saturated carbocycles. The average molecular weight is 317 g/mol. The Hall–Kier alpha value is -1.05. The van der Waals surface area contributed by atoms with Crippen LogP contribution in [0.5, 0.6) is 0 Å². The molecule has 1 aromatic rings. The molecule has 0 N–H and O–H groups in total.